The molecular formula is C15H17NO. The molecular weight excluding hydrogens is 210 g/mol. The van der Waals surface area contributed by atoms with E-state index in [0.29, 0.717) is 6.61 Å². The highest BCUT2D eigenvalue weighted by Crippen LogP contribution is 2.15. The molecule has 2 heteroatoms. The van der Waals surface area contributed by atoms with Crippen LogP contribution in [0, 0.1) is 0 Å². The lowest BCUT2D eigenvalue weighted by atomic mass is 10.1. The molecule has 1 aromatic carbocycles. The molecule has 0 aliphatic heterocycles. The molecule has 0 saturated carbocycles. The molecule has 0 atom stereocenters. The van der Waals surface area contributed by atoms with Gasteiger partial charge in [-0.15, -0.1) is 0 Å². The first kappa shape index (κ1) is 11.6. The molecule has 0 saturated heterocycles. The number of aromatic nitrogens is 1. The van der Waals surface area contributed by atoms with Gasteiger partial charge in [-0.3, -0.25) is 4.98 Å². The average Bonchev–Trinajstić information content (AvgIpc) is 2.39. The molecule has 0 radical (unpaired) electrons. The largest absolute Gasteiger partial charge is 0.487 e. The monoisotopic (exact) mass is 227 g/mol. The Morgan fingerprint density at radius 2 is 2.06 bits per heavy atom. The molecule has 17 heavy (non-hydrogen) atoms. The summed E-state index contributed by atoms with van der Waals surface area (Å²) in [5, 5.41) is 0. The van der Waals surface area contributed by atoms with Crippen molar-refractivity contribution < 1.29 is 4.74 Å². The van der Waals surface area contributed by atoms with Gasteiger partial charge in [-0.1, -0.05) is 31.5 Å². The Bertz CT molecular complexity index is 453. The smallest absolute Gasteiger partial charge is 0.130 e. The first-order valence-electron chi connectivity index (χ1n) is 6.00. The van der Waals surface area contributed by atoms with Gasteiger partial charge in [0.2, 0.25) is 0 Å². The highest BCUT2D eigenvalue weighted by Gasteiger charge is 1.98. The van der Waals surface area contributed by atoms with E-state index in [1.165, 1.54) is 5.56 Å². The van der Waals surface area contributed by atoms with Gasteiger partial charge in [0, 0.05) is 6.20 Å². The molecule has 0 aliphatic rings. The molecule has 88 valence electrons. The number of aryl methyl sites for hydroxylation is 1. The molecule has 0 spiro atoms. The Labute approximate surface area is 102 Å². The Kier molecular flexibility index (Phi) is 4.14. The molecule has 1 aromatic heterocycles. The summed E-state index contributed by atoms with van der Waals surface area (Å²) in [5.74, 6) is 0.918. The molecule has 1 heterocycles. The minimum atomic E-state index is 0.524. The zero-order chi connectivity index (χ0) is 11.9. The normalized spacial score (nSPS) is 10.2. The first-order chi connectivity index (χ1) is 8.38. The first-order valence-corrected chi connectivity index (χ1v) is 6.00. The van der Waals surface area contributed by atoms with E-state index in [2.05, 4.69) is 24.0 Å². The van der Waals surface area contributed by atoms with Crippen molar-refractivity contribution in [2.45, 2.75) is 26.4 Å². The summed E-state index contributed by atoms with van der Waals surface area (Å²) in [6, 6.07) is 14.1. The molecule has 2 nitrogen and oxygen atoms in total. The molecule has 2 rings (SSSR count). The lowest BCUT2D eigenvalue weighted by molar-refractivity contribution is 0.301. The SMILES string of the molecule is CCCc1cccc(OCc2ccccn2)c1. The van der Waals surface area contributed by atoms with Gasteiger partial charge in [0.1, 0.15) is 12.4 Å². The van der Waals surface area contributed by atoms with Crippen LogP contribution >= 0.6 is 0 Å². The van der Waals surface area contributed by atoms with E-state index in [0.717, 1.165) is 24.3 Å². The van der Waals surface area contributed by atoms with Crippen molar-refractivity contribution in [3.8, 4) is 5.75 Å². The zero-order valence-corrected chi connectivity index (χ0v) is 10.1. The third-order valence-electron chi connectivity index (χ3n) is 2.55. The number of nitrogens with zero attached hydrogens (tertiary/aromatic N) is 1. The summed E-state index contributed by atoms with van der Waals surface area (Å²) in [6.07, 6.45) is 4.04. The molecule has 0 bridgehead atoms. The third kappa shape index (κ3) is 3.59. The van der Waals surface area contributed by atoms with Crippen LogP contribution in [0.3, 0.4) is 0 Å². The summed E-state index contributed by atoms with van der Waals surface area (Å²) in [4.78, 5) is 4.23. The highest BCUT2D eigenvalue weighted by molar-refractivity contribution is 5.28. The van der Waals surface area contributed by atoms with Crippen LogP contribution in [-0.4, -0.2) is 4.98 Å². The average molecular weight is 227 g/mol. The van der Waals surface area contributed by atoms with Gasteiger partial charge in [0.15, 0.2) is 0 Å². The number of ether oxygens (including phenoxy) is 1. The fraction of sp³-hybridized carbons (Fsp3) is 0.267. The van der Waals surface area contributed by atoms with Crippen molar-refractivity contribution in [2.24, 2.45) is 0 Å². The van der Waals surface area contributed by atoms with Crippen molar-refractivity contribution in [1.82, 2.24) is 4.98 Å². The summed E-state index contributed by atoms with van der Waals surface area (Å²) in [7, 11) is 0. The molecule has 0 amide bonds. The lowest BCUT2D eigenvalue weighted by Crippen LogP contribution is -1.97. The van der Waals surface area contributed by atoms with Gasteiger partial charge >= 0.3 is 0 Å². The van der Waals surface area contributed by atoms with Crippen LogP contribution in [0.4, 0.5) is 0 Å². The fourth-order valence-electron chi connectivity index (χ4n) is 1.72. The van der Waals surface area contributed by atoms with Crippen LogP contribution in [0.1, 0.15) is 24.6 Å². The van der Waals surface area contributed by atoms with Crippen LogP contribution in [0.25, 0.3) is 0 Å². The molecule has 0 unspecified atom stereocenters. The minimum absolute atomic E-state index is 0.524. The summed E-state index contributed by atoms with van der Waals surface area (Å²) < 4.78 is 5.72. The topological polar surface area (TPSA) is 22.1 Å². The maximum absolute atomic E-state index is 5.72. The maximum Gasteiger partial charge on any atom is 0.130 e. The number of hydrogen-bond acceptors (Lipinski definition) is 2. The van der Waals surface area contributed by atoms with E-state index < -0.39 is 0 Å². The van der Waals surface area contributed by atoms with Crippen molar-refractivity contribution in [1.29, 1.82) is 0 Å². The Balaban J connectivity index is 1.97. The van der Waals surface area contributed by atoms with Crippen LogP contribution in [0.15, 0.2) is 48.7 Å². The van der Waals surface area contributed by atoms with Gasteiger partial charge in [0.05, 0.1) is 5.69 Å². The van der Waals surface area contributed by atoms with Crippen molar-refractivity contribution in [3.63, 3.8) is 0 Å². The van der Waals surface area contributed by atoms with Crippen molar-refractivity contribution in [2.75, 3.05) is 0 Å². The van der Waals surface area contributed by atoms with Gasteiger partial charge in [-0.05, 0) is 36.2 Å². The summed E-state index contributed by atoms with van der Waals surface area (Å²) in [6.45, 7) is 2.71. The summed E-state index contributed by atoms with van der Waals surface area (Å²) >= 11 is 0. The summed E-state index contributed by atoms with van der Waals surface area (Å²) in [5.41, 5.74) is 2.28. The number of benzene rings is 1. The van der Waals surface area contributed by atoms with Crippen molar-refractivity contribution >= 4 is 0 Å². The third-order valence-corrected chi connectivity index (χ3v) is 2.55. The molecule has 2 aromatic rings. The standard InChI is InChI=1S/C15H17NO/c1-2-6-13-7-5-9-15(11-13)17-12-14-8-3-4-10-16-14/h3-5,7-11H,2,6,12H2,1H3. The maximum atomic E-state index is 5.72. The predicted molar refractivity (Wildman–Crippen MR) is 69.0 cm³/mol. The quantitative estimate of drug-likeness (QED) is 0.778. The molecule has 0 N–H and O–H groups in total. The Hall–Kier alpha value is -1.83. The van der Waals surface area contributed by atoms with E-state index >= 15 is 0 Å². The second-order valence-electron chi connectivity index (χ2n) is 4.01. The van der Waals surface area contributed by atoms with E-state index in [-0.39, 0.29) is 0 Å². The number of hydrogen-bond donors (Lipinski definition) is 0. The zero-order valence-electron chi connectivity index (χ0n) is 10.1. The minimum Gasteiger partial charge on any atom is -0.487 e. The Morgan fingerprint density at radius 1 is 1.12 bits per heavy atom. The predicted octanol–water partition coefficient (Wildman–Crippen LogP) is 3.61. The van der Waals surface area contributed by atoms with Crippen LogP contribution in [0.5, 0.6) is 5.75 Å². The molecule has 0 fully saturated rings. The van der Waals surface area contributed by atoms with E-state index in [1.807, 2.05) is 30.3 Å². The fourth-order valence-corrected chi connectivity index (χ4v) is 1.72. The van der Waals surface area contributed by atoms with Crippen LogP contribution in [-0.2, 0) is 13.0 Å². The van der Waals surface area contributed by atoms with E-state index in [1.54, 1.807) is 6.20 Å². The number of rotatable bonds is 5. The van der Waals surface area contributed by atoms with E-state index in [4.69, 9.17) is 4.74 Å². The lowest BCUT2D eigenvalue weighted by Gasteiger charge is -2.07. The second kappa shape index (κ2) is 6.04. The van der Waals surface area contributed by atoms with Gasteiger partial charge in [0.25, 0.3) is 0 Å². The van der Waals surface area contributed by atoms with Crippen LogP contribution < -0.4 is 4.74 Å². The van der Waals surface area contributed by atoms with Gasteiger partial charge in [-0.2, -0.15) is 0 Å². The number of pyridine rings is 1. The van der Waals surface area contributed by atoms with Crippen molar-refractivity contribution in [3.05, 3.63) is 59.9 Å². The van der Waals surface area contributed by atoms with Crippen LogP contribution in [0.2, 0.25) is 0 Å². The van der Waals surface area contributed by atoms with Gasteiger partial charge < -0.3 is 4.74 Å². The second-order valence-corrected chi connectivity index (χ2v) is 4.01. The highest BCUT2D eigenvalue weighted by atomic mass is 16.5. The Morgan fingerprint density at radius 3 is 2.82 bits per heavy atom. The molecule has 0 aliphatic carbocycles. The van der Waals surface area contributed by atoms with Gasteiger partial charge in [-0.25, -0.2) is 0 Å². The van der Waals surface area contributed by atoms with E-state index in [9.17, 15) is 0 Å².